The van der Waals surface area contributed by atoms with E-state index in [4.69, 9.17) is 16.3 Å². The van der Waals surface area contributed by atoms with Crippen LogP contribution in [-0.4, -0.2) is 23.2 Å². The fourth-order valence-corrected chi connectivity index (χ4v) is 2.62. The Bertz CT molecular complexity index is 388. The molecule has 1 aliphatic carbocycles. The largest absolute Gasteiger partial charge is 0.381 e. The van der Waals surface area contributed by atoms with Crippen LogP contribution in [-0.2, 0) is 17.6 Å². The molecule has 1 aliphatic heterocycles. The Morgan fingerprint density at radius 1 is 1.27 bits per heavy atom. The molecule has 1 unspecified atom stereocenters. The highest BCUT2D eigenvalue weighted by Gasteiger charge is 2.24. The maximum Gasteiger partial charge on any atom is 0.136 e. The highest BCUT2D eigenvalue weighted by molar-refractivity contribution is 6.30. The predicted octanol–water partition coefficient (Wildman–Crippen LogP) is 2.12. The molecule has 1 saturated heterocycles. The van der Waals surface area contributed by atoms with Gasteiger partial charge in [0, 0.05) is 23.8 Å². The van der Waals surface area contributed by atoms with E-state index < -0.39 is 0 Å². The molecule has 2 aliphatic rings. The van der Waals surface area contributed by atoms with Crippen molar-refractivity contribution >= 4 is 11.6 Å². The molecule has 15 heavy (non-hydrogen) atoms. The van der Waals surface area contributed by atoms with Gasteiger partial charge in [-0.15, -0.1) is 0 Å². The molecular weight excluding hydrogens is 212 g/mol. The van der Waals surface area contributed by atoms with E-state index in [1.165, 1.54) is 5.56 Å². The third-order valence-corrected chi connectivity index (χ3v) is 3.51. The number of hydrogen-bond acceptors (Lipinski definition) is 3. The third-order valence-electron chi connectivity index (χ3n) is 3.19. The fourth-order valence-electron chi connectivity index (χ4n) is 2.33. The van der Waals surface area contributed by atoms with Crippen LogP contribution in [0.15, 0.2) is 0 Å². The van der Waals surface area contributed by atoms with Crippen molar-refractivity contribution in [3.63, 3.8) is 0 Å². The van der Waals surface area contributed by atoms with Crippen LogP contribution in [0.4, 0.5) is 0 Å². The molecule has 3 rings (SSSR count). The first-order valence-electron chi connectivity index (χ1n) is 5.47. The first-order chi connectivity index (χ1) is 7.34. The van der Waals surface area contributed by atoms with E-state index in [9.17, 15) is 0 Å². The lowest BCUT2D eigenvalue weighted by Crippen LogP contribution is -2.07. The molecule has 0 saturated carbocycles. The van der Waals surface area contributed by atoms with Crippen molar-refractivity contribution in [3.05, 3.63) is 22.2 Å². The molecule has 1 aromatic heterocycles. The van der Waals surface area contributed by atoms with E-state index >= 15 is 0 Å². The molecule has 80 valence electrons. The second-order valence-electron chi connectivity index (χ2n) is 4.21. The zero-order valence-electron chi connectivity index (χ0n) is 8.50. The summed E-state index contributed by atoms with van der Waals surface area (Å²) in [5.41, 5.74) is 2.33. The average molecular weight is 225 g/mol. The zero-order chi connectivity index (χ0) is 10.3. The van der Waals surface area contributed by atoms with Crippen LogP contribution in [0.25, 0.3) is 0 Å². The number of halogens is 1. The van der Waals surface area contributed by atoms with Gasteiger partial charge in [-0.1, -0.05) is 11.6 Å². The van der Waals surface area contributed by atoms with Crippen molar-refractivity contribution in [2.45, 2.75) is 31.6 Å². The van der Waals surface area contributed by atoms with Crippen molar-refractivity contribution in [1.29, 1.82) is 0 Å². The van der Waals surface area contributed by atoms with E-state index in [1.54, 1.807) is 0 Å². The Kier molecular flexibility index (Phi) is 2.37. The Hall–Kier alpha value is -0.670. The van der Waals surface area contributed by atoms with E-state index in [1.807, 2.05) is 0 Å². The number of aryl methyl sites for hydroxylation is 1. The first-order valence-corrected chi connectivity index (χ1v) is 5.85. The Morgan fingerprint density at radius 2 is 2.20 bits per heavy atom. The maximum absolute atomic E-state index is 6.16. The summed E-state index contributed by atoms with van der Waals surface area (Å²) in [5, 5.41) is 0.666. The molecular formula is C11H13ClN2O. The van der Waals surface area contributed by atoms with Gasteiger partial charge in [-0.25, -0.2) is 9.97 Å². The quantitative estimate of drug-likeness (QED) is 0.686. The van der Waals surface area contributed by atoms with Crippen LogP contribution in [0, 0.1) is 0 Å². The summed E-state index contributed by atoms with van der Waals surface area (Å²) in [6.45, 7) is 1.57. The highest BCUT2D eigenvalue weighted by Crippen LogP contribution is 2.30. The molecule has 0 amide bonds. The molecule has 2 heterocycles. The summed E-state index contributed by atoms with van der Waals surface area (Å²) >= 11 is 6.16. The highest BCUT2D eigenvalue weighted by atomic mass is 35.5. The normalized spacial score (nSPS) is 24.5. The monoisotopic (exact) mass is 224 g/mol. The smallest absolute Gasteiger partial charge is 0.136 e. The fraction of sp³-hybridized carbons (Fsp3) is 0.636. The van der Waals surface area contributed by atoms with Crippen LogP contribution < -0.4 is 0 Å². The van der Waals surface area contributed by atoms with E-state index in [-0.39, 0.29) is 0 Å². The number of fused-ring (bicyclic) bond motifs is 1. The zero-order valence-corrected chi connectivity index (χ0v) is 9.26. The summed E-state index contributed by atoms with van der Waals surface area (Å²) in [7, 11) is 0. The molecule has 4 heteroatoms. The Labute approximate surface area is 93.8 Å². The minimum absolute atomic E-state index is 0.355. The Balaban J connectivity index is 1.99. The lowest BCUT2D eigenvalue weighted by atomic mass is 10.1. The van der Waals surface area contributed by atoms with Crippen LogP contribution in [0.1, 0.15) is 35.8 Å². The summed E-state index contributed by atoms with van der Waals surface area (Å²) in [5.74, 6) is 1.24. The summed E-state index contributed by atoms with van der Waals surface area (Å²) in [6.07, 6.45) is 4.28. The second kappa shape index (κ2) is 3.72. The van der Waals surface area contributed by atoms with Crippen molar-refractivity contribution in [2.75, 3.05) is 13.2 Å². The van der Waals surface area contributed by atoms with Crippen LogP contribution >= 0.6 is 11.6 Å². The average Bonchev–Trinajstić information content (AvgIpc) is 2.88. The van der Waals surface area contributed by atoms with Crippen LogP contribution in [0.3, 0.4) is 0 Å². The van der Waals surface area contributed by atoms with Gasteiger partial charge < -0.3 is 4.74 Å². The van der Waals surface area contributed by atoms with Gasteiger partial charge in [0.15, 0.2) is 0 Å². The van der Waals surface area contributed by atoms with Gasteiger partial charge in [0.25, 0.3) is 0 Å². The molecule has 0 spiro atoms. The SMILES string of the molecule is Clc1nc(C2CCOC2)nc2c1CCC2. The van der Waals surface area contributed by atoms with Gasteiger partial charge in [0.1, 0.15) is 11.0 Å². The number of ether oxygens (including phenoxy) is 1. The minimum atomic E-state index is 0.355. The number of rotatable bonds is 1. The van der Waals surface area contributed by atoms with Gasteiger partial charge in [-0.3, -0.25) is 0 Å². The summed E-state index contributed by atoms with van der Waals surface area (Å²) < 4.78 is 5.35. The van der Waals surface area contributed by atoms with E-state index in [2.05, 4.69) is 9.97 Å². The van der Waals surface area contributed by atoms with Gasteiger partial charge >= 0.3 is 0 Å². The standard InChI is InChI=1S/C11H13ClN2O/c12-10-8-2-1-3-9(8)13-11(14-10)7-4-5-15-6-7/h7H,1-6H2. The van der Waals surface area contributed by atoms with Crippen molar-refractivity contribution < 1.29 is 4.74 Å². The molecule has 1 atom stereocenters. The molecule has 0 aromatic carbocycles. The molecule has 0 bridgehead atoms. The van der Waals surface area contributed by atoms with E-state index in [0.29, 0.717) is 11.1 Å². The minimum Gasteiger partial charge on any atom is -0.381 e. The number of hydrogen-bond donors (Lipinski definition) is 0. The number of nitrogens with zero attached hydrogens (tertiary/aromatic N) is 2. The third kappa shape index (κ3) is 1.64. The van der Waals surface area contributed by atoms with Crippen molar-refractivity contribution in [1.82, 2.24) is 9.97 Å². The van der Waals surface area contributed by atoms with Gasteiger partial charge in [0.2, 0.25) is 0 Å². The van der Waals surface area contributed by atoms with Gasteiger partial charge in [-0.05, 0) is 25.7 Å². The van der Waals surface area contributed by atoms with Gasteiger partial charge in [0.05, 0.1) is 6.61 Å². The summed E-state index contributed by atoms with van der Waals surface area (Å²) in [6, 6.07) is 0. The Morgan fingerprint density at radius 3 is 3.00 bits per heavy atom. The van der Waals surface area contributed by atoms with Crippen LogP contribution in [0.5, 0.6) is 0 Å². The lowest BCUT2D eigenvalue weighted by Gasteiger charge is -2.09. The predicted molar refractivity (Wildman–Crippen MR) is 57.2 cm³/mol. The van der Waals surface area contributed by atoms with E-state index in [0.717, 1.165) is 50.4 Å². The molecule has 1 fully saturated rings. The first kappa shape index (κ1) is 9.55. The summed E-state index contributed by atoms with van der Waals surface area (Å²) in [4.78, 5) is 9.02. The molecule has 3 nitrogen and oxygen atoms in total. The van der Waals surface area contributed by atoms with Crippen molar-refractivity contribution in [3.8, 4) is 0 Å². The molecule has 0 N–H and O–H groups in total. The maximum atomic E-state index is 6.16. The van der Waals surface area contributed by atoms with Crippen LogP contribution in [0.2, 0.25) is 5.15 Å². The van der Waals surface area contributed by atoms with Gasteiger partial charge in [-0.2, -0.15) is 0 Å². The topological polar surface area (TPSA) is 35.0 Å². The van der Waals surface area contributed by atoms with Crippen molar-refractivity contribution in [2.24, 2.45) is 0 Å². The molecule has 1 aromatic rings. The second-order valence-corrected chi connectivity index (χ2v) is 4.57. The number of aromatic nitrogens is 2. The lowest BCUT2D eigenvalue weighted by molar-refractivity contribution is 0.193. The molecule has 0 radical (unpaired) electrons.